The third kappa shape index (κ3) is 5.78. The normalized spacial score (nSPS) is 15.1. The lowest BCUT2D eigenvalue weighted by atomic mass is 10.2. The maximum Gasteiger partial charge on any atom is 0.318 e. The number of methoxy groups -OCH3 is 1. The molecule has 2 aromatic rings. The molecule has 0 aliphatic carbocycles. The number of ether oxygens (including phenoxy) is 1. The smallest absolute Gasteiger partial charge is 0.318 e. The minimum atomic E-state index is -0.702. The van der Waals surface area contributed by atoms with E-state index < -0.39 is 6.04 Å². The van der Waals surface area contributed by atoms with Crippen LogP contribution >= 0.6 is 22.9 Å². The summed E-state index contributed by atoms with van der Waals surface area (Å²) in [6.45, 7) is 4.53. The number of nitrogens with zero attached hydrogens (tertiary/aromatic N) is 4. The van der Waals surface area contributed by atoms with Gasteiger partial charge in [-0.05, 0) is 31.2 Å². The second kappa shape index (κ2) is 9.86. The zero-order valence-electron chi connectivity index (χ0n) is 16.2. The summed E-state index contributed by atoms with van der Waals surface area (Å²) >= 11 is 7.16. The van der Waals surface area contributed by atoms with Gasteiger partial charge in [-0.25, -0.2) is 4.79 Å². The average Bonchev–Trinajstić information content (AvgIpc) is 3.16. The molecule has 0 spiro atoms. The predicted molar refractivity (Wildman–Crippen MR) is 112 cm³/mol. The molecule has 9 nitrogen and oxygen atoms in total. The van der Waals surface area contributed by atoms with Gasteiger partial charge < -0.3 is 19.9 Å². The Bertz CT molecular complexity index is 838. The molecule has 0 radical (unpaired) electrons. The van der Waals surface area contributed by atoms with Gasteiger partial charge in [-0.2, -0.15) is 0 Å². The molecule has 0 unspecified atom stereocenters. The molecule has 1 aliphatic rings. The van der Waals surface area contributed by atoms with E-state index in [1.807, 2.05) is 24.3 Å². The van der Waals surface area contributed by atoms with Gasteiger partial charge in [0.25, 0.3) is 0 Å². The van der Waals surface area contributed by atoms with Gasteiger partial charge in [-0.1, -0.05) is 22.9 Å². The number of urea groups is 1. The first-order chi connectivity index (χ1) is 14.0. The number of piperazine rings is 1. The SMILES string of the molecule is COCc1nnc(NC(=O)[C@H](C)NC(=O)N2CCN(c3ccc(Cl)cc3)CC2)s1. The summed E-state index contributed by atoms with van der Waals surface area (Å²) < 4.78 is 4.98. The number of carbonyl (C=O) groups excluding carboxylic acids is 2. The van der Waals surface area contributed by atoms with Gasteiger partial charge in [0.1, 0.15) is 17.7 Å². The average molecular weight is 439 g/mol. The first kappa shape index (κ1) is 21.3. The highest BCUT2D eigenvalue weighted by atomic mass is 35.5. The van der Waals surface area contributed by atoms with Gasteiger partial charge in [0.15, 0.2) is 0 Å². The maximum atomic E-state index is 12.5. The fourth-order valence-corrected chi connectivity index (χ4v) is 3.70. The van der Waals surface area contributed by atoms with E-state index in [1.165, 1.54) is 11.3 Å². The highest BCUT2D eigenvalue weighted by molar-refractivity contribution is 7.15. The molecule has 29 heavy (non-hydrogen) atoms. The van der Waals surface area contributed by atoms with Crippen LogP contribution in [0.5, 0.6) is 0 Å². The molecule has 1 aromatic carbocycles. The Morgan fingerprint density at radius 2 is 1.90 bits per heavy atom. The van der Waals surface area contributed by atoms with Crippen LogP contribution in [-0.4, -0.2) is 66.4 Å². The lowest BCUT2D eigenvalue weighted by molar-refractivity contribution is -0.117. The van der Waals surface area contributed by atoms with E-state index in [9.17, 15) is 9.59 Å². The molecule has 1 aliphatic heterocycles. The van der Waals surface area contributed by atoms with Crippen LogP contribution in [0.15, 0.2) is 24.3 Å². The van der Waals surface area contributed by atoms with Crippen LogP contribution in [0.2, 0.25) is 5.02 Å². The number of hydrogen-bond donors (Lipinski definition) is 2. The molecule has 2 N–H and O–H groups in total. The molecule has 1 atom stereocenters. The summed E-state index contributed by atoms with van der Waals surface area (Å²) in [4.78, 5) is 28.7. The fraction of sp³-hybridized carbons (Fsp3) is 0.444. The van der Waals surface area contributed by atoms with Crippen LogP contribution in [0.1, 0.15) is 11.9 Å². The molecule has 0 bridgehead atoms. The highest BCUT2D eigenvalue weighted by Crippen LogP contribution is 2.19. The molecule has 11 heteroatoms. The number of rotatable bonds is 6. The fourth-order valence-electron chi connectivity index (χ4n) is 2.86. The predicted octanol–water partition coefficient (Wildman–Crippen LogP) is 2.20. The van der Waals surface area contributed by atoms with Crippen LogP contribution in [0.3, 0.4) is 0 Å². The van der Waals surface area contributed by atoms with Crippen molar-refractivity contribution >= 4 is 45.7 Å². The standard InChI is InChI=1S/C18H23ClN6O3S/c1-12(16(26)21-17-23-22-15(29-17)11-28-2)20-18(27)25-9-7-24(8-10-25)14-5-3-13(19)4-6-14/h3-6,12H,7-11H2,1-2H3,(H,20,27)(H,21,23,26)/t12-/m0/s1. The third-order valence-corrected chi connectivity index (χ3v) is 5.52. The molecule has 3 amide bonds. The van der Waals surface area contributed by atoms with Crippen LogP contribution in [0, 0.1) is 0 Å². The van der Waals surface area contributed by atoms with E-state index in [2.05, 4.69) is 25.7 Å². The van der Waals surface area contributed by atoms with Crippen molar-refractivity contribution in [3.8, 4) is 0 Å². The first-order valence-electron chi connectivity index (χ1n) is 9.14. The Morgan fingerprint density at radius 1 is 1.21 bits per heavy atom. The monoisotopic (exact) mass is 438 g/mol. The number of aromatic nitrogens is 2. The molecule has 156 valence electrons. The van der Waals surface area contributed by atoms with Crippen molar-refractivity contribution in [2.24, 2.45) is 0 Å². The minimum Gasteiger partial charge on any atom is -0.377 e. The van der Waals surface area contributed by atoms with Crippen molar-refractivity contribution in [3.63, 3.8) is 0 Å². The van der Waals surface area contributed by atoms with Crippen LogP contribution in [0.4, 0.5) is 15.6 Å². The Hall–Kier alpha value is -2.43. The molecular formula is C18H23ClN6O3S. The Labute approximate surface area is 178 Å². The van der Waals surface area contributed by atoms with Crippen molar-refractivity contribution < 1.29 is 14.3 Å². The van der Waals surface area contributed by atoms with Crippen LogP contribution in [0.25, 0.3) is 0 Å². The Balaban J connectivity index is 1.45. The summed E-state index contributed by atoms with van der Waals surface area (Å²) in [6, 6.07) is 6.68. The van der Waals surface area contributed by atoms with Crippen LogP contribution < -0.4 is 15.5 Å². The number of nitrogens with one attached hydrogen (secondary N) is 2. The van der Waals surface area contributed by atoms with Crippen molar-refractivity contribution in [3.05, 3.63) is 34.3 Å². The lowest BCUT2D eigenvalue weighted by Crippen LogP contribution is -2.54. The number of carbonyl (C=O) groups is 2. The number of anilines is 2. The Morgan fingerprint density at radius 3 is 2.55 bits per heavy atom. The van der Waals surface area contributed by atoms with Crippen molar-refractivity contribution in [2.45, 2.75) is 19.6 Å². The molecule has 1 aromatic heterocycles. The number of halogens is 1. The van der Waals surface area contributed by atoms with Gasteiger partial charge in [0.2, 0.25) is 11.0 Å². The zero-order valence-corrected chi connectivity index (χ0v) is 17.8. The minimum absolute atomic E-state index is 0.263. The van der Waals surface area contributed by atoms with Crippen molar-refractivity contribution in [2.75, 3.05) is 43.5 Å². The zero-order chi connectivity index (χ0) is 20.8. The van der Waals surface area contributed by atoms with Gasteiger partial charge >= 0.3 is 6.03 Å². The van der Waals surface area contributed by atoms with Crippen molar-refractivity contribution in [1.29, 1.82) is 0 Å². The number of amides is 3. The second-order valence-electron chi connectivity index (χ2n) is 6.54. The van der Waals surface area contributed by atoms with E-state index in [4.69, 9.17) is 16.3 Å². The van der Waals surface area contributed by atoms with E-state index in [-0.39, 0.29) is 11.9 Å². The number of benzene rings is 1. The van der Waals surface area contributed by atoms with E-state index in [0.717, 1.165) is 5.69 Å². The van der Waals surface area contributed by atoms with Gasteiger partial charge in [-0.3, -0.25) is 10.1 Å². The lowest BCUT2D eigenvalue weighted by Gasteiger charge is -2.36. The van der Waals surface area contributed by atoms with E-state index in [0.29, 0.717) is 47.9 Å². The molecular weight excluding hydrogens is 416 g/mol. The topological polar surface area (TPSA) is 99.7 Å². The summed E-state index contributed by atoms with van der Waals surface area (Å²) in [5, 5.41) is 14.9. The van der Waals surface area contributed by atoms with Crippen molar-refractivity contribution in [1.82, 2.24) is 20.4 Å². The first-order valence-corrected chi connectivity index (χ1v) is 10.3. The highest BCUT2D eigenvalue weighted by Gasteiger charge is 2.24. The Kier molecular flexibility index (Phi) is 7.24. The summed E-state index contributed by atoms with van der Waals surface area (Å²) in [5.41, 5.74) is 1.08. The second-order valence-corrected chi connectivity index (χ2v) is 8.04. The molecule has 2 heterocycles. The van der Waals surface area contributed by atoms with Crippen LogP contribution in [-0.2, 0) is 16.1 Å². The van der Waals surface area contributed by atoms with Gasteiger partial charge in [-0.15, -0.1) is 10.2 Å². The molecule has 0 saturated carbocycles. The molecule has 1 fully saturated rings. The number of hydrogen-bond acceptors (Lipinski definition) is 7. The van der Waals surface area contributed by atoms with Gasteiger partial charge in [0.05, 0.1) is 0 Å². The van der Waals surface area contributed by atoms with Gasteiger partial charge in [0, 0.05) is 44.0 Å². The summed E-state index contributed by atoms with van der Waals surface area (Å²) in [6.07, 6.45) is 0. The molecule has 1 saturated heterocycles. The largest absolute Gasteiger partial charge is 0.377 e. The third-order valence-electron chi connectivity index (χ3n) is 4.46. The maximum absolute atomic E-state index is 12.5. The summed E-state index contributed by atoms with van der Waals surface area (Å²) in [7, 11) is 1.56. The van der Waals surface area contributed by atoms with E-state index in [1.54, 1.807) is 18.9 Å². The quantitative estimate of drug-likeness (QED) is 0.717. The van der Waals surface area contributed by atoms with E-state index >= 15 is 0 Å². The molecule has 3 rings (SSSR count). The summed E-state index contributed by atoms with van der Waals surface area (Å²) in [5.74, 6) is -0.349.